The Bertz CT molecular complexity index is 1260. The van der Waals surface area contributed by atoms with E-state index < -0.39 is 11.8 Å². The number of hydrogen-bond acceptors (Lipinski definition) is 4. The van der Waals surface area contributed by atoms with Crippen LogP contribution in [0.25, 0.3) is 0 Å². The molecule has 2 aliphatic rings. The summed E-state index contributed by atoms with van der Waals surface area (Å²) in [7, 11) is 0. The maximum Gasteiger partial charge on any atom is 0.323 e. The second-order valence-electron chi connectivity index (χ2n) is 8.53. The highest BCUT2D eigenvalue weighted by Gasteiger charge is 2.36. The minimum absolute atomic E-state index is 0.0904. The minimum atomic E-state index is -0.611. The molecule has 3 amide bonds. The van der Waals surface area contributed by atoms with E-state index in [1.807, 2.05) is 28.5 Å². The number of piperidine rings is 1. The Hall–Kier alpha value is -3.46. The molecule has 2 atom stereocenters. The first-order valence-corrected chi connectivity index (χ1v) is 11.7. The molecular formula is C24H23FN4O3S. The van der Waals surface area contributed by atoms with Crippen LogP contribution in [0.3, 0.4) is 0 Å². The number of carbonyl (C=O) groups excluding carboxylic acids is 2. The van der Waals surface area contributed by atoms with Gasteiger partial charge in [-0.05, 0) is 54.1 Å². The summed E-state index contributed by atoms with van der Waals surface area (Å²) in [5.74, 6) is -0.0587. The molecule has 1 fully saturated rings. The van der Waals surface area contributed by atoms with Crippen LogP contribution in [-0.4, -0.2) is 34.5 Å². The van der Waals surface area contributed by atoms with E-state index in [2.05, 4.69) is 10.6 Å². The fourth-order valence-corrected chi connectivity index (χ4v) is 5.47. The Morgan fingerprint density at radius 3 is 2.73 bits per heavy atom. The van der Waals surface area contributed by atoms with Crippen molar-refractivity contribution in [2.75, 3.05) is 23.7 Å². The molecule has 2 bridgehead atoms. The molecule has 33 heavy (non-hydrogen) atoms. The van der Waals surface area contributed by atoms with Crippen LogP contribution in [-0.2, 0) is 17.8 Å². The van der Waals surface area contributed by atoms with Crippen LogP contribution in [0.2, 0.25) is 0 Å². The largest absolute Gasteiger partial charge is 0.341 e. The number of anilines is 2. The number of fused-ring (bicyclic) bond motifs is 4. The van der Waals surface area contributed by atoms with E-state index in [0.29, 0.717) is 31.7 Å². The Kier molecular flexibility index (Phi) is 5.72. The monoisotopic (exact) mass is 466 g/mol. The van der Waals surface area contributed by atoms with Gasteiger partial charge in [-0.2, -0.15) is 0 Å². The Morgan fingerprint density at radius 2 is 1.94 bits per heavy atom. The fraction of sp³-hybridized carbons (Fsp3) is 0.292. The fourth-order valence-electron chi connectivity index (χ4n) is 4.77. The molecule has 7 nitrogen and oxygen atoms in total. The lowest BCUT2D eigenvalue weighted by Gasteiger charge is -2.43. The Labute approximate surface area is 193 Å². The van der Waals surface area contributed by atoms with Gasteiger partial charge in [0.15, 0.2) is 0 Å². The van der Waals surface area contributed by atoms with Gasteiger partial charge in [-0.15, -0.1) is 11.3 Å². The minimum Gasteiger partial charge on any atom is -0.341 e. The average molecular weight is 467 g/mol. The van der Waals surface area contributed by atoms with E-state index >= 15 is 0 Å². The molecular weight excluding hydrogens is 443 g/mol. The first-order chi connectivity index (χ1) is 16.0. The van der Waals surface area contributed by atoms with Crippen molar-refractivity contribution in [3.8, 4) is 0 Å². The third-order valence-electron chi connectivity index (χ3n) is 6.19. The number of likely N-dealkylation sites (tertiary alicyclic amines) is 1. The quantitative estimate of drug-likeness (QED) is 0.612. The number of nitrogens with one attached hydrogen (secondary N) is 2. The predicted molar refractivity (Wildman–Crippen MR) is 125 cm³/mol. The molecule has 1 saturated heterocycles. The molecule has 2 unspecified atom stereocenters. The molecule has 2 N–H and O–H groups in total. The van der Waals surface area contributed by atoms with Gasteiger partial charge in [0.05, 0.1) is 6.42 Å². The average Bonchev–Trinajstić information content (AvgIpc) is 3.29. The van der Waals surface area contributed by atoms with Crippen LogP contribution in [0.4, 0.5) is 20.6 Å². The number of benzene rings is 1. The first-order valence-electron chi connectivity index (χ1n) is 10.8. The number of carbonyl (C=O) groups is 2. The summed E-state index contributed by atoms with van der Waals surface area (Å²) >= 11 is 1.58. The van der Waals surface area contributed by atoms with Gasteiger partial charge in [-0.25, -0.2) is 9.18 Å². The van der Waals surface area contributed by atoms with E-state index in [0.717, 1.165) is 17.0 Å². The summed E-state index contributed by atoms with van der Waals surface area (Å²) in [4.78, 5) is 41.2. The number of hydrogen-bond donors (Lipinski definition) is 2. The number of thiophene rings is 1. The zero-order valence-corrected chi connectivity index (χ0v) is 18.6. The number of nitrogens with zero attached hydrogens (tertiary/aromatic N) is 2. The van der Waals surface area contributed by atoms with Crippen molar-refractivity contribution in [3.63, 3.8) is 0 Å². The van der Waals surface area contributed by atoms with Gasteiger partial charge in [0.25, 0.3) is 5.56 Å². The Balaban J connectivity index is 1.30. The van der Waals surface area contributed by atoms with Crippen LogP contribution in [0, 0.1) is 11.7 Å². The SMILES string of the molecule is O=C(Nc1cccc(F)c1)Nc1ccc2n(c1=O)CC1CC2CN(C(=O)Cc2cccs2)C1. The van der Waals surface area contributed by atoms with Gasteiger partial charge in [0, 0.05) is 41.8 Å². The van der Waals surface area contributed by atoms with Crippen molar-refractivity contribution in [2.24, 2.45) is 5.92 Å². The first kappa shape index (κ1) is 21.4. The highest BCUT2D eigenvalue weighted by Crippen LogP contribution is 2.35. The lowest BCUT2D eigenvalue weighted by molar-refractivity contribution is -0.133. The standard InChI is InChI=1S/C24H23FN4O3S/c25-17-3-1-4-18(10-17)26-24(32)27-20-6-7-21-16-9-15(13-29(21)23(20)31)12-28(14-16)22(30)11-19-5-2-8-33-19/h1-8,10,15-16H,9,11-14H2,(H2,26,27,32). The summed E-state index contributed by atoms with van der Waals surface area (Å²) in [5, 5.41) is 7.08. The highest BCUT2D eigenvalue weighted by atomic mass is 32.1. The third kappa shape index (κ3) is 4.54. The van der Waals surface area contributed by atoms with Gasteiger partial charge in [-0.3, -0.25) is 9.59 Å². The summed E-state index contributed by atoms with van der Waals surface area (Å²) in [6, 6.07) is 12.3. The van der Waals surface area contributed by atoms with E-state index in [9.17, 15) is 18.8 Å². The molecule has 2 aliphatic heterocycles. The maximum atomic E-state index is 13.3. The lowest BCUT2D eigenvalue weighted by Crippen LogP contribution is -2.49. The van der Waals surface area contributed by atoms with Crippen molar-refractivity contribution in [1.82, 2.24) is 9.47 Å². The summed E-state index contributed by atoms with van der Waals surface area (Å²) in [6.07, 6.45) is 1.35. The number of urea groups is 1. The van der Waals surface area contributed by atoms with Gasteiger partial charge in [-0.1, -0.05) is 12.1 Å². The van der Waals surface area contributed by atoms with E-state index in [1.165, 1.54) is 18.2 Å². The molecule has 5 rings (SSSR count). The van der Waals surface area contributed by atoms with Crippen LogP contribution >= 0.6 is 11.3 Å². The highest BCUT2D eigenvalue weighted by molar-refractivity contribution is 7.10. The van der Waals surface area contributed by atoms with Crippen molar-refractivity contribution < 1.29 is 14.0 Å². The van der Waals surface area contributed by atoms with Crippen LogP contribution in [0.15, 0.2) is 58.7 Å². The maximum absolute atomic E-state index is 13.3. The van der Waals surface area contributed by atoms with Gasteiger partial charge >= 0.3 is 6.03 Å². The second-order valence-corrected chi connectivity index (χ2v) is 9.56. The summed E-state index contributed by atoms with van der Waals surface area (Å²) in [5.41, 5.74) is 1.08. The van der Waals surface area contributed by atoms with Crippen LogP contribution in [0.5, 0.6) is 0 Å². The second kappa shape index (κ2) is 8.82. The molecule has 1 aromatic carbocycles. The number of rotatable bonds is 4. The molecule has 3 aromatic rings. The molecule has 2 aromatic heterocycles. The zero-order chi connectivity index (χ0) is 22.9. The molecule has 4 heterocycles. The Morgan fingerprint density at radius 1 is 1.06 bits per heavy atom. The number of pyridine rings is 1. The van der Waals surface area contributed by atoms with Crippen molar-refractivity contribution >= 4 is 34.6 Å². The van der Waals surface area contributed by atoms with Gasteiger partial charge in [0.2, 0.25) is 5.91 Å². The molecule has 170 valence electrons. The predicted octanol–water partition coefficient (Wildman–Crippen LogP) is 3.88. The molecule has 0 aliphatic carbocycles. The zero-order valence-electron chi connectivity index (χ0n) is 17.8. The summed E-state index contributed by atoms with van der Waals surface area (Å²) in [6.45, 7) is 1.73. The van der Waals surface area contributed by atoms with E-state index in [1.54, 1.807) is 28.0 Å². The number of halogens is 1. The number of amides is 3. The number of aromatic nitrogens is 1. The molecule has 0 saturated carbocycles. The van der Waals surface area contributed by atoms with Gasteiger partial charge in [0.1, 0.15) is 11.5 Å². The van der Waals surface area contributed by atoms with Crippen molar-refractivity contribution in [1.29, 1.82) is 0 Å². The lowest BCUT2D eigenvalue weighted by atomic mass is 9.83. The molecule has 0 radical (unpaired) electrons. The van der Waals surface area contributed by atoms with Crippen LogP contribution < -0.4 is 16.2 Å². The molecule has 0 spiro atoms. The topological polar surface area (TPSA) is 83.4 Å². The summed E-state index contributed by atoms with van der Waals surface area (Å²) < 4.78 is 15.1. The van der Waals surface area contributed by atoms with Crippen LogP contribution in [0.1, 0.15) is 22.9 Å². The molecule has 9 heteroatoms. The van der Waals surface area contributed by atoms with E-state index in [-0.39, 0.29) is 29.0 Å². The smallest absolute Gasteiger partial charge is 0.323 e. The van der Waals surface area contributed by atoms with Gasteiger partial charge < -0.3 is 20.1 Å². The van der Waals surface area contributed by atoms with E-state index in [4.69, 9.17) is 0 Å². The normalized spacial score (nSPS) is 19.0. The van der Waals surface area contributed by atoms with Crippen molar-refractivity contribution in [2.45, 2.75) is 25.3 Å². The third-order valence-corrected chi connectivity index (χ3v) is 7.07. The van der Waals surface area contributed by atoms with Crippen molar-refractivity contribution in [3.05, 3.63) is 80.7 Å².